The highest BCUT2D eigenvalue weighted by atomic mass is 79.9. The van der Waals surface area contributed by atoms with Crippen molar-refractivity contribution in [3.05, 3.63) is 33.7 Å². The van der Waals surface area contributed by atoms with Gasteiger partial charge >= 0.3 is 6.03 Å². The van der Waals surface area contributed by atoms with Crippen LogP contribution in [0, 0.1) is 12.3 Å². The molecule has 0 spiro atoms. The number of benzene rings is 1. The normalized spacial score (nSPS) is 18.6. The van der Waals surface area contributed by atoms with Crippen LogP contribution in [0.25, 0.3) is 0 Å². The number of terminal acetylenes is 1. The number of rotatable bonds is 4. The monoisotopic (exact) mass is 408 g/mol. The first-order chi connectivity index (χ1) is 11.5. The minimum Gasteiger partial charge on any atom is -0.470 e. The highest BCUT2D eigenvalue weighted by Gasteiger charge is 2.37. The summed E-state index contributed by atoms with van der Waals surface area (Å²) in [6.07, 6.45) is 3.85. The summed E-state index contributed by atoms with van der Waals surface area (Å²) < 4.78 is 6.61. The molecule has 0 bridgehead atoms. The molecule has 24 heavy (non-hydrogen) atoms. The van der Waals surface area contributed by atoms with Crippen LogP contribution in [0.3, 0.4) is 0 Å². The lowest BCUT2D eigenvalue weighted by Gasteiger charge is -2.14. The molecule has 2 atom stereocenters. The predicted molar refractivity (Wildman–Crippen MR) is 92.8 cm³/mol. The third-order valence-corrected chi connectivity index (χ3v) is 4.79. The second-order valence-corrected chi connectivity index (χ2v) is 6.96. The van der Waals surface area contributed by atoms with Gasteiger partial charge in [-0.1, -0.05) is 39.3 Å². The van der Waals surface area contributed by atoms with Crippen molar-refractivity contribution in [2.75, 3.05) is 18.5 Å². The number of carbonyl (C=O) groups excluding carboxylic acids is 1. The van der Waals surface area contributed by atoms with Crippen LogP contribution in [0.1, 0.15) is 11.1 Å². The lowest BCUT2D eigenvalue weighted by Crippen LogP contribution is -2.34. The van der Waals surface area contributed by atoms with E-state index in [0.717, 1.165) is 15.8 Å². The average Bonchev–Trinajstić information content (AvgIpc) is 3.10. The van der Waals surface area contributed by atoms with E-state index in [1.807, 2.05) is 12.1 Å². The molecule has 0 radical (unpaired) electrons. The molecule has 2 unspecified atom stereocenters. The molecule has 0 aliphatic carbocycles. The molecule has 124 valence electrons. The van der Waals surface area contributed by atoms with Gasteiger partial charge in [0.2, 0.25) is 11.2 Å². The molecule has 7 nitrogen and oxygen atoms in total. The van der Waals surface area contributed by atoms with Crippen molar-refractivity contribution in [3.8, 4) is 18.1 Å². The lowest BCUT2D eigenvalue weighted by molar-refractivity contribution is 0.183. The molecule has 2 heterocycles. The number of ether oxygens (including phenoxy) is 1. The molecule has 2 amide bonds. The number of aliphatic hydroxyl groups is 1. The molecule has 1 aliphatic heterocycles. The van der Waals surface area contributed by atoms with Gasteiger partial charge in [-0.05, 0) is 18.2 Å². The Labute approximate surface area is 151 Å². The number of urea groups is 1. The van der Waals surface area contributed by atoms with E-state index in [2.05, 4.69) is 32.0 Å². The molecule has 1 aliphatic rings. The highest BCUT2D eigenvalue weighted by Crippen LogP contribution is 2.31. The van der Waals surface area contributed by atoms with Gasteiger partial charge in [0.05, 0.1) is 6.54 Å². The van der Waals surface area contributed by atoms with Crippen LogP contribution in [-0.2, 0) is 0 Å². The summed E-state index contributed by atoms with van der Waals surface area (Å²) in [7, 11) is 1.61. The van der Waals surface area contributed by atoms with Crippen molar-refractivity contribution in [1.82, 2.24) is 15.1 Å². The molecule has 1 saturated heterocycles. The SMILES string of the molecule is C#CC(Oc1cccc(Br)c1)c1nnc(N2C(=O)N(C)CC2O)s1. The van der Waals surface area contributed by atoms with E-state index in [-0.39, 0.29) is 17.7 Å². The van der Waals surface area contributed by atoms with E-state index in [4.69, 9.17) is 11.2 Å². The summed E-state index contributed by atoms with van der Waals surface area (Å²) >= 11 is 4.48. The molecule has 9 heteroatoms. The first-order valence-corrected chi connectivity index (χ1v) is 8.54. The standard InChI is InChI=1S/C15H13BrN4O3S/c1-3-11(23-10-6-4-5-9(16)7-10)13-17-18-14(24-13)20-12(21)8-19(2)15(20)22/h1,4-7,11-12,21H,8H2,2H3. The van der Waals surface area contributed by atoms with Crippen LogP contribution in [0.2, 0.25) is 0 Å². The maximum Gasteiger partial charge on any atom is 0.328 e. The Hall–Kier alpha value is -2.15. The van der Waals surface area contributed by atoms with E-state index < -0.39 is 12.3 Å². The summed E-state index contributed by atoms with van der Waals surface area (Å²) in [5, 5.41) is 18.7. The number of hydrogen-bond acceptors (Lipinski definition) is 6. The average molecular weight is 409 g/mol. The fraction of sp³-hybridized carbons (Fsp3) is 0.267. The largest absolute Gasteiger partial charge is 0.470 e. The Kier molecular flexibility index (Phi) is 4.71. The maximum absolute atomic E-state index is 12.0. The first kappa shape index (κ1) is 16.7. The van der Waals surface area contributed by atoms with Crippen LogP contribution < -0.4 is 9.64 Å². The summed E-state index contributed by atoms with van der Waals surface area (Å²) in [5.74, 6) is 3.10. The van der Waals surface area contributed by atoms with Crippen molar-refractivity contribution in [2.45, 2.75) is 12.3 Å². The van der Waals surface area contributed by atoms with Gasteiger partial charge in [-0.3, -0.25) is 0 Å². The molecule has 1 aromatic heterocycles. The molecule has 3 rings (SSSR count). The smallest absolute Gasteiger partial charge is 0.328 e. The van der Waals surface area contributed by atoms with Crippen molar-refractivity contribution >= 4 is 38.4 Å². The number of aliphatic hydroxyl groups excluding tert-OH is 1. The zero-order chi connectivity index (χ0) is 17.3. The number of likely N-dealkylation sites (N-methyl/N-ethyl adjacent to an activating group) is 1. The van der Waals surface area contributed by atoms with Crippen LogP contribution in [0.4, 0.5) is 9.93 Å². The van der Waals surface area contributed by atoms with Gasteiger partial charge in [0.25, 0.3) is 0 Å². The predicted octanol–water partition coefficient (Wildman–Crippen LogP) is 2.24. The van der Waals surface area contributed by atoms with E-state index >= 15 is 0 Å². The minimum absolute atomic E-state index is 0.209. The minimum atomic E-state index is -0.960. The van der Waals surface area contributed by atoms with Gasteiger partial charge in [-0.15, -0.1) is 16.6 Å². The number of aromatic nitrogens is 2. The van der Waals surface area contributed by atoms with Gasteiger partial charge < -0.3 is 14.7 Å². The van der Waals surface area contributed by atoms with Gasteiger partial charge in [0.15, 0.2) is 11.2 Å². The number of anilines is 1. The van der Waals surface area contributed by atoms with Gasteiger partial charge in [-0.25, -0.2) is 9.69 Å². The number of halogens is 1. The molecule has 1 N–H and O–H groups in total. The Morgan fingerprint density at radius 2 is 2.33 bits per heavy atom. The molecular weight excluding hydrogens is 396 g/mol. The van der Waals surface area contributed by atoms with E-state index in [1.165, 1.54) is 9.80 Å². The Morgan fingerprint density at radius 1 is 1.54 bits per heavy atom. The van der Waals surface area contributed by atoms with Crippen LogP contribution >= 0.6 is 27.3 Å². The second kappa shape index (κ2) is 6.76. The summed E-state index contributed by atoms with van der Waals surface area (Å²) in [5.41, 5.74) is 0. The van der Waals surface area contributed by atoms with Crippen LogP contribution in [-0.4, -0.2) is 46.1 Å². The third kappa shape index (κ3) is 3.21. The second-order valence-electron chi connectivity index (χ2n) is 5.06. The zero-order valence-corrected chi connectivity index (χ0v) is 15.0. The number of nitrogens with zero attached hydrogens (tertiary/aromatic N) is 4. The number of β-amino-alcohol motifs (C(OH)–C–C–N with tert-alkyl or cyclic N) is 1. The van der Waals surface area contributed by atoms with E-state index in [0.29, 0.717) is 10.8 Å². The van der Waals surface area contributed by atoms with E-state index in [9.17, 15) is 9.90 Å². The topological polar surface area (TPSA) is 78.8 Å². The molecule has 1 fully saturated rings. The summed E-state index contributed by atoms with van der Waals surface area (Å²) in [4.78, 5) is 14.6. The van der Waals surface area contributed by atoms with Crippen molar-refractivity contribution < 1.29 is 14.6 Å². The molecular formula is C15H13BrN4O3S. The van der Waals surface area contributed by atoms with Gasteiger partial charge in [0.1, 0.15) is 5.75 Å². The van der Waals surface area contributed by atoms with Crippen molar-refractivity contribution in [2.24, 2.45) is 0 Å². The quantitative estimate of drug-likeness (QED) is 0.784. The Bertz CT molecular complexity index is 806. The van der Waals surface area contributed by atoms with E-state index in [1.54, 1.807) is 19.2 Å². The van der Waals surface area contributed by atoms with Gasteiger partial charge in [-0.2, -0.15) is 0 Å². The maximum atomic E-state index is 12.0. The van der Waals surface area contributed by atoms with Gasteiger partial charge in [0, 0.05) is 11.5 Å². The molecule has 1 aromatic carbocycles. The zero-order valence-electron chi connectivity index (χ0n) is 12.6. The summed E-state index contributed by atoms with van der Waals surface area (Å²) in [6.45, 7) is 0.209. The molecule has 0 saturated carbocycles. The van der Waals surface area contributed by atoms with Crippen LogP contribution in [0.5, 0.6) is 5.75 Å². The van der Waals surface area contributed by atoms with Crippen molar-refractivity contribution in [1.29, 1.82) is 0 Å². The number of hydrogen-bond donors (Lipinski definition) is 1. The van der Waals surface area contributed by atoms with Crippen molar-refractivity contribution in [3.63, 3.8) is 0 Å². The third-order valence-electron chi connectivity index (χ3n) is 3.33. The number of amides is 2. The lowest BCUT2D eigenvalue weighted by atomic mass is 10.3. The number of carbonyl (C=O) groups is 1. The fourth-order valence-corrected chi connectivity index (χ4v) is 3.44. The Morgan fingerprint density at radius 3 is 2.96 bits per heavy atom. The highest BCUT2D eigenvalue weighted by molar-refractivity contribution is 9.10. The summed E-state index contributed by atoms with van der Waals surface area (Å²) in [6, 6.07) is 6.93. The molecule has 2 aromatic rings. The Balaban J connectivity index is 1.81. The fourth-order valence-electron chi connectivity index (χ4n) is 2.19. The first-order valence-electron chi connectivity index (χ1n) is 6.93. The van der Waals surface area contributed by atoms with Crippen LogP contribution in [0.15, 0.2) is 28.7 Å².